The van der Waals surface area contributed by atoms with Gasteiger partial charge < -0.3 is 28.0 Å². The van der Waals surface area contributed by atoms with Crippen molar-refractivity contribution >= 4 is 13.5 Å². The molecule has 0 radical (unpaired) electrons. The minimum absolute atomic E-state index is 0.369. The summed E-state index contributed by atoms with van der Waals surface area (Å²) in [5, 5.41) is 0. The van der Waals surface area contributed by atoms with E-state index in [1.807, 2.05) is 55.2 Å². The molecule has 0 saturated heterocycles. The SMILES string of the molecule is C=C(C)C(=O)Oc1ccc(-c2ccc(OCCCCCCOP(C)(=NC)OCCCCCOc3ccc(-c4ccc(OCCCCCCCC)cc4)cc3)cc2)cc1. The summed E-state index contributed by atoms with van der Waals surface area (Å²) in [6.45, 7) is 12.9. The van der Waals surface area contributed by atoms with Gasteiger partial charge in [0, 0.05) is 19.3 Å². The summed E-state index contributed by atoms with van der Waals surface area (Å²) in [4.78, 5) is 11.7. The van der Waals surface area contributed by atoms with Crippen LogP contribution >= 0.6 is 7.51 Å². The van der Waals surface area contributed by atoms with Crippen LogP contribution in [0.3, 0.4) is 0 Å². The lowest BCUT2D eigenvalue weighted by Gasteiger charge is -2.19. The van der Waals surface area contributed by atoms with Gasteiger partial charge in [0.15, 0.2) is 0 Å². The minimum Gasteiger partial charge on any atom is -0.494 e. The van der Waals surface area contributed by atoms with E-state index in [-0.39, 0.29) is 0 Å². The van der Waals surface area contributed by atoms with Crippen LogP contribution in [0.25, 0.3) is 22.3 Å². The summed E-state index contributed by atoms with van der Waals surface area (Å²) >= 11 is 0. The van der Waals surface area contributed by atoms with Gasteiger partial charge in [-0.05, 0) is 123 Å². The largest absolute Gasteiger partial charge is 0.494 e. The standard InChI is InChI=1S/C49H66NO7P/c1-6-7-8-9-10-14-35-52-45-27-19-41(20-28-45)42-21-29-47(30-22-42)54-37-16-13-18-39-56-58(5,50-4)55-38-17-12-11-15-36-53-46-31-23-43(24-32-46)44-25-33-48(34-26-44)57-49(51)40(2)3/h19-34H,2,6-18,35-39H2,1,3-5H3. The summed E-state index contributed by atoms with van der Waals surface area (Å²) < 4.78 is 39.9. The van der Waals surface area contributed by atoms with Crippen LogP contribution in [0.1, 0.15) is 97.3 Å². The number of carbonyl (C=O) groups excluding carboxylic acids is 1. The van der Waals surface area contributed by atoms with Crippen LogP contribution in [0.5, 0.6) is 23.0 Å². The van der Waals surface area contributed by atoms with E-state index in [4.69, 9.17) is 28.0 Å². The van der Waals surface area contributed by atoms with E-state index in [0.29, 0.717) is 37.8 Å². The van der Waals surface area contributed by atoms with Gasteiger partial charge in [-0.3, -0.25) is 4.74 Å². The monoisotopic (exact) mass is 811 g/mol. The number of rotatable bonds is 29. The molecular weight excluding hydrogens is 746 g/mol. The lowest BCUT2D eigenvalue weighted by molar-refractivity contribution is -0.130. The van der Waals surface area contributed by atoms with Crippen molar-refractivity contribution in [3.05, 3.63) is 109 Å². The zero-order chi connectivity index (χ0) is 41.3. The molecule has 4 aromatic rings. The first kappa shape index (κ1) is 46.3. The van der Waals surface area contributed by atoms with E-state index in [2.05, 4.69) is 54.6 Å². The van der Waals surface area contributed by atoms with Gasteiger partial charge in [0.2, 0.25) is 7.51 Å². The molecule has 4 rings (SSSR count). The maximum atomic E-state index is 11.7. The molecule has 58 heavy (non-hydrogen) atoms. The Bertz CT molecular complexity index is 1810. The Kier molecular flexibility index (Phi) is 21.3. The summed E-state index contributed by atoms with van der Waals surface area (Å²) in [6, 6.07) is 32.2. The summed E-state index contributed by atoms with van der Waals surface area (Å²) in [5.41, 5.74) is 4.80. The van der Waals surface area contributed by atoms with Crippen LogP contribution in [0, 0.1) is 0 Å². The molecule has 0 N–H and O–H groups in total. The Morgan fingerprint density at radius 1 is 0.500 bits per heavy atom. The number of ether oxygens (including phenoxy) is 4. The lowest BCUT2D eigenvalue weighted by Crippen LogP contribution is -2.07. The molecule has 0 spiro atoms. The summed E-state index contributed by atoms with van der Waals surface area (Å²) in [5.74, 6) is 2.75. The molecule has 0 aliphatic heterocycles. The van der Waals surface area contributed by atoms with Crippen molar-refractivity contribution in [1.82, 2.24) is 0 Å². The van der Waals surface area contributed by atoms with Gasteiger partial charge in [0.1, 0.15) is 23.0 Å². The van der Waals surface area contributed by atoms with Gasteiger partial charge in [0.25, 0.3) is 0 Å². The molecule has 9 heteroatoms. The van der Waals surface area contributed by atoms with Gasteiger partial charge in [-0.15, -0.1) is 0 Å². The van der Waals surface area contributed by atoms with E-state index < -0.39 is 13.5 Å². The second-order valence-corrected chi connectivity index (χ2v) is 17.2. The first-order chi connectivity index (χ1) is 28.3. The predicted molar refractivity (Wildman–Crippen MR) is 239 cm³/mol. The smallest absolute Gasteiger partial charge is 0.338 e. The highest BCUT2D eigenvalue weighted by Crippen LogP contribution is 2.47. The van der Waals surface area contributed by atoms with Crippen LogP contribution in [0.2, 0.25) is 0 Å². The predicted octanol–water partition coefficient (Wildman–Crippen LogP) is 13.8. The number of carbonyl (C=O) groups is 1. The zero-order valence-corrected chi connectivity index (χ0v) is 36.3. The number of nitrogens with zero attached hydrogens (tertiary/aromatic N) is 1. The van der Waals surface area contributed by atoms with Crippen LogP contribution < -0.4 is 18.9 Å². The molecular formula is C49H66NO7P. The fourth-order valence-corrected chi connectivity index (χ4v) is 7.39. The third-order valence-corrected chi connectivity index (χ3v) is 11.8. The van der Waals surface area contributed by atoms with Crippen molar-refractivity contribution in [1.29, 1.82) is 0 Å². The van der Waals surface area contributed by atoms with Gasteiger partial charge in [-0.25, -0.2) is 4.79 Å². The van der Waals surface area contributed by atoms with Gasteiger partial charge in [-0.1, -0.05) is 101 Å². The molecule has 0 aliphatic rings. The van der Waals surface area contributed by atoms with E-state index >= 15 is 0 Å². The highest BCUT2D eigenvalue weighted by Gasteiger charge is 2.13. The second-order valence-electron chi connectivity index (χ2n) is 14.7. The highest BCUT2D eigenvalue weighted by molar-refractivity contribution is 7.55. The van der Waals surface area contributed by atoms with Crippen LogP contribution in [-0.2, 0) is 13.8 Å². The number of hydrogen-bond donors (Lipinski definition) is 0. The minimum atomic E-state index is -2.20. The molecule has 1 unspecified atom stereocenters. The molecule has 0 heterocycles. The third-order valence-electron chi connectivity index (χ3n) is 9.80. The van der Waals surface area contributed by atoms with Crippen molar-refractivity contribution in [3.8, 4) is 45.3 Å². The van der Waals surface area contributed by atoms with E-state index in [0.717, 1.165) is 86.3 Å². The van der Waals surface area contributed by atoms with Crippen LogP contribution in [0.15, 0.2) is 114 Å². The Morgan fingerprint density at radius 2 is 0.810 bits per heavy atom. The van der Waals surface area contributed by atoms with Gasteiger partial charge in [-0.2, -0.15) is 0 Å². The molecule has 1 atom stereocenters. The first-order valence-corrected chi connectivity index (χ1v) is 23.2. The van der Waals surface area contributed by atoms with Gasteiger partial charge in [0.05, 0.1) is 33.0 Å². The van der Waals surface area contributed by atoms with E-state index in [1.54, 1.807) is 26.1 Å². The Balaban J connectivity index is 0.990. The first-order valence-electron chi connectivity index (χ1n) is 21.2. The lowest BCUT2D eigenvalue weighted by atomic mass is 10.1. The fourth-order valence-electron chi connectivity index (χ4n) is 6.15. The maximum Gasteiger partial charge on any atom is 0.338 e. The summed E-state index contributed by atoms with van der Waals surface area (Å²) in [6.07, 6.45) is 14.6. The third kappa shape index (κ3) is 17.6. The average molecular weight is 812 g/mol. The highest BCUT2D eigenvalue weighted by atomic mass is 31.2. The topological polar surface area (TPSA) is 84.8 Å². The molecule has 314 valence electrons. The molecule has 0 amide bonds. The Labute approximate surface area is 348 Å². The number of benzene rings is 4. The van der Waals surface area contributed by atoms with Crippen LogP contribution in [0.4, 0.5) is 0 Å². The normalized spacial score (nSPS) is 12.1. The molecule has 0 saturated carbocycles. The zero-order valence-electron chi connectivity index (χ0n) is 35.4. The quantitative estimate of drug-likeness (QED) is 0.0177. The number of esters is 1. The number of unbranched alkanes of at least 4 members (excludes halogenated alkanes) is 10. The van der Waals surface area contributed by atoms with Gasteiger partial charge >= 0.3 is 5.97 Å². The Morgan fingerprint density at radius 3 is 1.16 bits per heavy atom. The van der Waals surface area contributed by atoms with Crippen molar-refractivity contribution in [2.75, 3.05) is 46.7 Å². The summed E-state index contributed by atoms with van der Waals surface area (Å²) in [7, 11) is -0.409. The average Bonchev–Trinajstić information content (AvgIpc) is 3.25. The van der Waals surface area contributed by atoms with Crippen LogP contribution in [-0.4, -0.2) is 52.7 Å². The Hall–Kier alpha value is -4.36. The molecule has 8 nitrogen and oxygen atoms in total. The fraction of sp³-hybridized carbons (Fsp3) is 0.449. The van der Waals surface area contributed by atoms with Crippen molar-refractivity contribution in [3.63, 3.8) is 0 Å². The second kappa shape index (κ2) is 26.6. The number of hydrogen-bond acceptors (Lipinski definition) is 8. The van der Waals surface area contributed by atoms with E-state index in [1.165, 1.54) is 43.2 Å². The van der Waals surface area contributed by atoms with Crippen molar-refractivity contribution in [2.24, 2.45) is 4.74 Å². The van der Waals surface area contributed by atoms with E-state index in [9.17, 15) is 4.79 Å². The van der Waals surface area contributed by atoms with Crippen molar-refractivity contribution in [2.45, 2.75) is 97.3 Å². The maximum absolute atomic E-state index is 11.7. The molecule has 4 aromatic carbocycles. The molecule has 0 aliphatic carbocycles. The molecule has 0 fully saturated rings. The van der Waals surface area contributed by atoms with Crippen molar-refractivity contribution < 1.29 is 32.8 Å². The molecule has 0 bridgehead atoms. The molecule has 0 aromatic heterocycles.